The summed E-state index contributed by atoms with van der Waals surface area (Å²) in [6, 6.07) is 7.88. The minimum absolute atomic E-state index is 0.0278. The van der Waals surface area contributed by atoms with Gasteiger partial charge in [-0.25, -0.2) is 0 Å². The van der Waals surface area contributed by atoms with Crippen molar-refractivity contribution in [3.8, 4) is 0 Å². The Labute approximate surface area is 180 Å². The van der Waals surface area contributed by atoms with Crippen LogP contribution in [0.1, 0.15) is 16.8 Å². The van der Waals surface area contributed by atoms with Crippen molar-refractivity contribution in [1.29, 1.82) is 0 Å². The lowest BCUT2D eigenvalue weighted by Gasteiger charge is -2.33. The molecule has 7 heteroatoms. The molecule has 2 amide bonds. The highest BCUT2D eigenvalue weighted by Crippen LogP contribution is 2.52. The minimum atomic E-state index is -0.657. The normalized spacial score (nSPS) is 30.6. The van der Waals surface area contributed by atoms with Crippen LogP contribution in [0, 0.1) is 11.8 Å². The number of likely N-dealkylation sites (tertiary alicyclic amines) is 1. The van der Waals surface area contributed by atoms with Crippen LogP contribution in [-0.4, -0.2) is 62.9 Å². The number of carbonyl (C=O) groups is 2. The molecule has 2 fully saturated rings. The number of hydrogen-bond acceptors (Lipinski definition) is 5. The Morgan fingerprint density at radius 2 is 2.10 bits per heavy atom. The monoisotopic (exact) mass is 416 g/mol. The van der Waals surface area contributed by atoms with Gasteiger partial charge in [0.15, 0.2) is 0 Å². The molecule has 6 rings (SSSR count). The van der Waals surface area contributed by atoms with Gasteiger partial charge in [0.1, 0.15) is 5.60 Å². The van der Waals surface area contributed by atoms with Crippen LogP contribution in [0.3, 0.4) is 0 Å². The van der Waals surface area contributed by atoms with E-state index in [1.165, 1.54) is 0 Å². The molecule has 2 bridgehead atoms. The van der Waals surface area contributed by atoms with Gasteiger partial charge in [-0.1, -0.05) is 18.2 Å². The molecule has 31 heavy (non-hydrogen) atoms. The molecular weight excluding hydrogens is 392 g/mol. The molecule has 0 unspecified atom stereocenters. The van der Waals surface area contributed by atoms with Crippen LogP contribution in [0.5, 0.6) is 0 Å². The van der Waals surface area contributed by atoms with Gasteiger partial charge >= 0.3 is 0 Å². The summed E-state index contributed by atoms with van der Waals surface area (Å²) in [6.45, 7) is 2.32. The fourth-order valence-corrected chi connectivity index (χ4v) is 5.63. The number of carbonyl (C=O) groups excluding carboxylic acids is 2. The zero-order valence-electron chi connectivity index (χ0n) is 17.2. The molecule has 0 saturated carbocycles. The van der Waals surface area contributed by atoms with Crippen LogP contribution in [-0.2, 0) is 33.7 Å². The molecule has 1 spiro atoms. The van der Waals surface area contributed by atoms with Gasteiger partial charge < -0.3 is 14.5 Å². The Morgan fingerprint density at radius 3 is 2.97 bits per heavy atom. The van der Waals surface area contributed by atoms with Crippen molar-refractivity contribution in [2.75, 3.05) is 19.6 Å². The third-order valence-electron chi connectivity index (χ3n) is 7.16. The van der Waals surface area contributed by atoms with E-state index < -0.39 is 17.4 Å². The molecule has 4 aliphatic rings. The number of nitrogens with zero attached hydrogens (tertiary/aromatic N) is 4. The highest BCUT2D eigenvalue weighted by molar-refractivity contribution is 5.93. The number of fused-ring (bicyclic) bond motifs is 2. The van der Waals surface area contributed by atoms with Gasteiger partial charge in [0.25, 0.3) is 0 Å². The quantitative estimate of drug-likeness (QED) is 0.704. The fourth-order valence-electron chi connectivity index (χ4n) is 5.63. The SMILES string of the molecule is O=C([C@H]1[C@@H]2C=C[C@@]3(CN(CCc4ccncc4)C(=O)[C@H]13)O2)N1CCc2ncccc2C1. The largest absolute Gasteiger partial charge is 0.360 e. The van der Waals surface area contributed by atoms with Crippen LogP contribution in [0.15, 0.2) is 55.0 Å². The molecule has 0 aromatic carbocycles. The van der Waals surface area contributed by atoms with Crippen molar-refractivity contribution < 1.29 is 14.3 Å². The summed E-state index contributed by atoms with van der Waals surface area (Å²) < 4.78 is 6.29. The summed E-state index contributed by atoms with van der Waals surface area (Å²) in [5, 5.41) is 0. The molecule has 0 N–H and O–H groups in total. The van der Waals surface area contributed by atoms with Crippen LogP contribution < -0.4 is 0 Å². The molecule has 2 aromatic rings. The van der Waals surface area contributed by atoms with E-state index in [4.69, 9.17) is 4.74 Å². The Hall–Kier alpha value is -3.06. The van der Waals surface area contributed by atoms with E-state index in [-0.39, 0.29) is 17.9 Å². The molecular formula is C24H24N4O3. The van der Waals surface area contributed by atoms with E-state index >= 15 is 0 Å². The van der Waals surface area contributed by atoms with E-state index in [9.17, 15) is 9.59 Å². The predicted molar refractivity (Wildman–Crippen MR) is 112 cm³/mol. The third kappa shape index (κ3) is 2.91. The van der Waals surface area contributed by atoms with Crippen molar-refractivity contribution in [3.63, 3.8) is 0 Å². The lowest BCUT2D eigenvalue weighted by molar-refractivity contribution is -0.143. The van der Waals surface area contributed by atoms with Crippen LogP contribution >= 0.6 is 0 Å². The molecule has 0 aliphatic carbocycles. The number of hydrogen-bond donors (Lipinski definition) is 0. The first-order valence-corrected chi connectivity index (χ1v) is 10.9. The highest BCUT2D eigenvalue weighted by Gasteiger charge is 2.67. The molecule has 158 valence electrons. The van der Waals surface area contributed by atoms with E-state index in [2.05, 4.69) is 9.97 Å². The van der Waals surface area contributed by atoms with E-state index in [0.29, 0.717) is 26.2 Å². The lowest BCUT2D eigenvalue weighted by atomic mass is 9.76. The zero-order chi connectivity index (χ0) is 21.0. The molecule has 6 heterocycles. The average Bonchev–Trinajstić information content (AvgIpc) is 3.45. The summed E-state index contributed by atoms with van der Waals surface area (Å²) in [7, 11) is 0. The Balaban J connectivity index is 1.21. The van der Waals surface area contributed by atoms with Crippen LogP contribution in [0.2, 0.25) is 0 Å². The van der Waals surface area contributed by atoms with E-state index in [1.807, 2.05) is 46.2 Å². The smallest absolute Gasteiger partial charge is 0.230 e. The molecule has 2 aromatic heterocycles. The van der Waals surface area contributed by atoms with Gasteiger partial charge in [-0.05, 0) is 35.7 Å². The number of aromatic nitrogens is 2. The summed E-state index contributed by atoms with van der Waals surface area (Å²) in [5.74, 6) is -0.803. The average molecular weight is 416 g/mol. The van der Waals surface area contributed by atoms with Gasteiger partial charge in [-0.2, -0.15) is 0 Å². The first-order chi connectivity index (χ1) is 15.1. The molecule has 2 saturated heterocycles. The van der Waals surface area contributed by atoms with Gasteiger partial charge in [0.05, 0.1) is 24.5 Å². The minimum Gasteiger partial charge on any atom is -0.360 e. The Morgan fingerprint density at radius 1 is 1.23 bits per heavy atom. The number of pyridine rings is 2. The number of amides is 2. The second kappa shape index (κ2) is 6.99. The summed E-state index contributed by atoms with van der Waals surface area (Å²) >= 11 is 0. The maximum Gasteiger partial charge on any atom is 0.230 e. The lowest BCUT2D eigenvalue weighted by Crippen LogP contribution is -2.47. The standard InChI is InChI=1S/C24H24N4O3/c29-22(27-13-7-18-17(14-27)2-1-9-26-18)20-19-3-8-24(31-19)15-28(23(30)21(20)24)12-6-16-4-10-25-11-5-16/h1-5,8-11,19-21H,6-7,12-15H2/t19-,20-,21-,24-/m0/s1. The molecule has 7 nitrogen and oxygen atoms in total. The number of ether oxygens (including phenoxy) is 1. The van der Waals surface area contributed by atoms with Crippen LogP contribution in [0.4, 0.5) is 0 Å². The van der Waals surface area contributed by atoms with Crippen molar-refractivity contribution >= 4 is 11.8 Å². The maximum atomic E-state index is 13.6. The van der Waals surface area contributed by atoms with Crippen molar-refractivity contribution in [1.82, 2.24) is 19.8 Å². The third-order valence-corrected chi connectivity index (χ3v) is 7.16. The van der Waals surface area contributed by atoms with Gasteiger partial charge in [-0.3, -0.25) is 19.6 Å². The molecule has 0 radical (unpaired) electrons. The van der Waals surface area contributed by atoms with Gasteiger partial charge in [0.2, 0.25) is 11.8 Å². The Bertz CT molecular complexity index is 1070. The summed E-state index contributed by atoms with van der Waals surface area (Å²) in [6.07, 6.45) is 10.5. The second-order valence-electron chi connectivity index (χ2n) is 8.88. The first kappa shape index (κ1) is 18.7. The fraction of sp³-hybridized carbons (Fsp3) is 0.417. The van der Waals surface area contributed by atoms with E-state index in [0.717, 1.165) is 29.7 Å². The zero-order valence-corrected chi connectivity index (χ0v) is 17.2. The second-order valence-corrected chi connectivity index (χ2v) is 8.88. The van der Waals surface area contributed by atoms with Crippen LogP contribution in [0.25, 0.3) is 0 Å². The topological polar surface area (TPSA) is 75.6 Å². The van der Waals surface area contributed by atoms with E-state index in [1.54, 1.807) is 18.6 Å². The number of rotatable bonds is 4. The van der Waals surface area contributed by atoms with Crippen molar-refractivity contribution in [2.24, 2.45) is 11.8 Å². The van der Waals surface area contributed by atoms with Gasteiger partial charge in [0, 0.05) is 50.3 Å². The first-order valence-electron chi connectivity index (χ1n) is 10.9. The highest BCUT2D eigenvalue weighted by atomic mass is 16.5. The Kier molecular flexibility index (Phi) is 4.21. The summed E-state index contributed by atoms with van der Waals surface area (Å²) in [5.41, 5.74) is 2.64. The molecule has 4 aliphatic heterocycles. The van der Waals surface area contributed by atoms with Gasteiger partial charge in [-0.15, -0.1) is 0 Å². The van der Waals surface area contributed by atoms with Crippen molar-refractivity contribution in [3.05, 3.63) is 71.8 Å². The summed E-state index contributed by atoms with van der Waals surface area (Å²) in [4.78, 5) is 39.2. The van der Waals surface area contributed by atoms with Crippen molar-refractivity contribution in [2.45, 2.75) is 31.1 Å². The molecule has 4 atom stereocenters. The maximum absolute atomic E-state index is 13.6. The predicted octanol–water partition coefficient (Wildman–Crippen LogP) is 1.39.